The predicted molar refractivity (Wildman–Crippen MR) is 76.1 cm³/mol. The number of benzene rings is 1. The predicted octanol–water partition coefficient (Wildman–Crippen LogP) is 2.36. The smallest absolute Gasteiger partial charge is 0.227 e. The Morgan fingerprint density at radius 2 is 2.17 bits per heavy atom. The normalized spacial score (nSPS) is 16.3. The van der Waals surface area contributed by atoms with E-state index >= 15 is 0 Å². The SMILES string of the molecule is COc1ccc(N)c(NC(=O)C2CCSCC2)c1. The highest BCUT2D eigenvalue weighted by Crippen LogP contribution is 2.27. The summed E-state index contributed by atoms with van der Waals surface area (Å²) in [5.41, 5.74) is 7.05. The summed E-state index contributed by atoms with van der Waals surface area (Å²) in [4.78, 5) is 12.1. The zero-order chi connectivity index (χ0) is 13.0. The Balaban J connectivity index is 2.05. The third-order valence-electron chi connectivity index (χ3n) is 3.11. The molecule has 1 aromatic carbocycles. The van der Waals surface area contributed by atoms with E-state index in [4.69, 9.17) is 10.5 Å². The van der Waals surface area contributed by atoms with E-state index in [0.29, 0.717) is 17.1 Å². The molecule has 0 spiro atoms. The highest BCUT2D eigenvalue weighted by Gasteiger charge is 2.21. The monoisotopic (exact) mass is 266 g/mol. The summed E-state index contributed by atoms with van der Waals surface area (Å²) in [6, 6.07) is 5.28. The van der Waals surface area contributed by atoms with E-state index in [1.54, 1.807) is 25.3 Å². The van der Waals surface area contributed by atoms with Gasteiger partial charge in [-0.25, -0.2) is 0 Å². The zero-order valence-corrected chi connectivity index (χ0v) is 11.3. The van der Waals surface area contributed by atoms with Crippen LogP contribution < -0.4 is 15.8 Å². The standard InChI is InChI=1S/C13H18N2O2S/c1-17-10-2-3-11(14)12(8-10)15-13(16)9-4-6-18-7-5-9/h2-3,8-9H,4-7,14H2,1H3,(H,15,16). The molecule has 0 radical (unpaired) electrons. The van der Waals surface area contributed by atoms with Gasteiger partial charge in [-0.15, -0.1) is 0 Å². The van der Waals surface area contributed by atoms with E-state index in [2.05, 4.69) is 5.32 Å². The van der Waals surface area contributed by atoms with Gasteiger partial charge in [0.1, 0.15) is 5.75 Å². The number of hydrogen-bond donors (Lipinski definition) is 2. The summed E-state index contributed by atoms with van der Waals surface area (Å²) >= 11 is 1.91. The van der Waals surface area contributed by atoms with Gasteiger partial charge in [-0.1, -0.05) is 0 Å². The van der Waals surface area contributed by atoms with Crippen LogP contribution >= 0.6 is 11.8 Å². The zero-order valence-electron chi connectivity index (χ0n) is 10.4. The number of methoxy groups -OCH3 is 1. The average molecular weight is 266 g/mol. The molecule has 4 nitrogen and oxygen atoms in total. The summed E-state index contributed by atoms with van der Waals surface area (Å²) < 4.78 is 5.13. The van der Waals surface area contributed by atoms with Crippen molar-refractivity contribution in [1.82, 2.24) is 0 Å². The number of carbonyl (C=O) groups is 1. The minimum atomic E-state index is 0.0650. The van der Waals surface area contributed by atoms with Gasteiger partial charge >= 0.3 is 0 Å². The van der Waals surface area contributed by atoms with Crippen molar-refractivity contribution in [3.63, 3.8) is 0 Å². The third-order valence-corrected chi connectivity index (χ3v) is 4.16. The van der Waals surface area contributed by atoms with Crippen LogP contribution in [0.4, 0.5) is 11.4 Å². The first-order valence-corrected chi connectivity index (χ1v) is 7.18. The minimum absolute atomic E-state index is 0.0650. The van der Waals surface area contributed by atoms with Gasteiger partial charge in [0.2, 0.25) is 5.91 Å². The molecule has 0 atom stereocenters. The lowest BCUT2D eigenvalue weighted by molar-refractivity contribution is -0.120. The molecular formula is C13H18N2O2S. The lowest BCUT2D eigenvalue weighted by Crippen LogP contribution is -2.26. The van der Waals surface area contributed by atoms with E-state index in [-0.39, 0.29) is 11.8 Å². The number of rotatable bonds is 3. The molecule has 2 rings (SSSR count). The first kappa shape index (κ1) is 13.1. The molecule has 1 aromatic rings. The molecule has 1 aliphatic rings. The molecule has 5 heteroatoms. The Hall–Kier alpha value is -1.36. The Bertz CT molecular complexity index is 431. The second-order valence-electron chi connectivity index (χ2n) is 4.33. The van der Waals surface area contributed by atoms with Crippen LogP contribution in [0.5, 0.6) is 5.75 Å². The largest absolute Gasteiger partial charge is 0.497 e. The number of carbonyl (C=O) groups excluding carboxylic acids is 1. The number of nitrogens with two attached hydrogens (primary N) is 1. The van der Waals surface area contributed by atoms with Crippen molar-refractivity contribution in [3.05, 3.63) is 18.2 Å². The first-order chi connectivity index (χ1) is 8.70. The molecule has 1 aliphatic heterocycles. The summed E-state index contributed by atoms with van der Waals surface area (Å²) in [7, 11) is 1.59. The van der Waals surface area contributed by atoms with E-state index in [0.717, 1.165) is 24.3 Å². The van der Waals surface area contributed by atoms with Gasteiger partial charge in [-0.05, 0) is 36.5 Å². The van der Waals surface area contributed by atoms with Crippen LogP contribution in [0.1, 0.15) is 12.8 Å². The second-order valence-corrected chi connectivity index (χ2v) is 5.55. The molecule has 1 amide bonds. The van der Waals surface area contributed by atoms with Gasteiger partial charge in [0, 0.05) is 12.0 Å². The summed E-state index contributed by atoms with van der Waals surface area (Å²) in [6.07, 6.45) is 1.89. The maximum atomic E-state index is 12.1. The number of nitrogens with one attached hydrogen (secondary N) is 1. The molecule has 1 heterocycles. The van der Waals surface area contributed by atoms with Gasteiger partial charge < -0.3 is 15.8 Å². The van der Waals surface area contributed by atoms with Crippen molar-refractivity contribution >= 4 is 29.0 Å². The van der Waals surface area contributed by atoms with Crippen LogP contribution in [0.25, 0.3) is 0 Å². The van der Waals surface area contributed by atoms with Crippen LogP contribution in [-0.2, 0) is 4.79 Å². The highest BCUT2D eigenvalue weighted by molar-refractivity contribution is 7.99. The maximum Gasteiger partial charge on any atom is 0.227 e. The molecule has 0 saturated carbocycles. The average Bonchev–Trinajstić information content (AvgIpc) is 2.42. The van der Waals surface area contributed by atoms with Gasteiger partial charge in [0.15, 0.2) is 0 Å². The summed E-state index contributed by atoms with van der Waals surface area (Å²) in [6.45, 7) is 0. The quantitative estimate of drug-likeness (QED) is 0.824. The van der Waals surface area contributed by atoms with Crippen molar-refractivity contribution in [1.29, 1.82) is 0 Å². The highest BCUT2D eigenvalue weighted by atomic mass is 32.2. The number of thioether (sulfide) groups is 1. The minimum Gasteiger partial charge on any atom is -0.497 e. The Kier molecular flexibility index (Phi) is 4.36. The van der Waals surface area contributed by atoms with E-state index in [1.807, 2.05) is 11.8 Å². The number of amides is 1. The van der Waals surface area contributed by atoms with Gasteiger partial charge in [0.05, 0.1) is 18.5 Å². The molecule has 18 heavy (non-hydrogen) atoms. The molecular weight excluding hydrogens is 248 g/mol. The van der Waals surface area contributed by atoms with Crippen LogP contribution in [0.15, 0.2) is 18.2 Å². The molecule has 0 unspecified atom stereocenters. The molecule has 1 fully saturated rings. The molecule has 1 saturated heterocycles. The summed E-state index contributed by atoms with van der Waals surface area (Å²) in [5.74, 6) is 2.99. The van der Waals surface area contributed by atoms with Crippen LogP contribution in [0, 0.1) is 5.92 Å². The third kappa shape index (κ3) is 3.10. The van der Waals surface area contributed by atoms with Crippen molar-refractivity contribution in [3.8, 4) is 5.75 Å². The number of ether oxygens (including phenoxy) is 1. The maximum absolute atomic E-state index is 12.1. The fourth-order valence-electron chi connectivity index (χ4n) is 1.97. The number of hydrogen-bond acceptors (Lipinski definition) is 4. The van der Waals surface area contributed by atoms with Gasteiger partial charge in [-0.3, -0.25) is 4.79 Å². The lowest BCUT2D eigenvalue weighted by Gasteiger charge is -2.21. The molecule has 0 aromatic heterocycles. The number of nitrogen functional groups attached to an aromatic ring is 1. The van der Waals surface area contributed by atoms with Crippen molar-refractivity contribution in [2.75, 3.05) is 29.7 Å². The molecule has 98 valence electrons. The summed E-state index contributed by atoms with van der Waals surface area (Å²) in [5, 5.41) is 2.90. The fourth-order valence-corrected chi connectivity index (χ4v) is 3.07. The van der Waals surface area contributed by atoms with Crippen LogP contribution in [0.3, 0.4) is 0 Å². The van der Waals surface area contributed by atoms with Crippen LogP contribution in [-0.4, -0.2) is 24.5 Å². The second kappa shape index (κ2) is 6.00. The molecule has 0 aliphatic carbocycles. The van der Waals surface area contributed by atoms with Crippen molar-refractivity contribution < 1.29 is 9.53 Å². The van der Waals surface area contributed by atoms with Crippen molar-refractivity contribution in [2.24, 2.45) is 5.92 Å². The fraction of sp³-hybridized carbons (Fsp3) is 0.462. The van der Waals surface area contributed by atoms with E-state index in [1.165, 1.54) is 0 Å². The van der Waals surface area contributed by atoms with E-state index in [9.17, 15) is 4.79 Å². The Morgan fingerprint density at radius 1 is 1.44 bits per heavy atom. The van der Waals surface area contributed by atoms with E-state index < -0.39 is 0 Å². The van der Waals surface area contributed by atoms with Crippen LogP contribution in [0.2, 0.25) is 0 Å². The number of anilines is 2. The Morgan fingerprint density at radius 3 is 2.83 bits per heavy atom. The Labute approximate surface area is 111 Å². The topological polar surface area (TPSA) is 64.3 Å². The lowest BCUT2D eigenvalue weighted by atomic mass is 10.0. The van der Waals surface area contributed by atoms with Crippen molar-refractivity contribution in [2.45, 2.75) is 12.8 Å². The molecule has 3 N–H and O–H groups in total. The van der Waals surface area contributed by atoms with Gasteiger partial charge in [-0.2, -0.15) is 11.8 Å². The van der Waals surface area contributed by atoms with Gasteiger partial charge in [0.25, 0.3) is 0 Å². The molecule has 0 bridgehead atoms. The first-order valence-electron chi connectivity index (χ1n) is 6.03.